The van der Waals surface area contributed by atoms with Gasteiger partial charge < -0.3 is 9.88 Å². The van der Waals surface area contributed by atoms with Crippen LogP contribution in [0.4, 0.5) is 4.39 Å². The van der Waals surface area contributed by atoms with E-state index in [4.69, 9.17) is 0 Å². The fraction of sp³-hybridized carbons (Fsp3) is 0.400. The van der Waals surface area contributed by atoms with E-state index in [1.54, 1.807) is 6.20 Å². The zero-order chi connectivity index (χ0) is 13.2. The Morgan fingerprint density at radius 3 is 3.00 bits per heavy atom. The topological polar surface area (TPSA) is 29.9 Å². The molecule has 1 aliphatic carbocycles. The number of rotatable bonds is 5. The molecule has 1 fully saturated rings. The third kappa shape index (κ3) is 2.84. The molecule has 0 saturated heterocycles. The van der Waals surface area contributed by atoms with E-state index in [-0.39, 0.29) is 5.82 Å². The van der Waals surface area contributed by atoms with Gasteiger partial charge in [-0.3, -0.25) is 4.98 Å². The van der Waals surface area contributed by atoms with Crippen molar-refractivity contribution in [1.29, 1.82) is 0 Å². The quantitative estimate of drug-likeness (QED) is 0.894. The molecule has 0 amide bonds. The number of pyridine rings is 1. The second-order valence-corrected chi connectivity index (χ2v) is 5.23. The predicted octanol–water partition coefficient (Wildman–Crippen LogP) is 2.74. The summed E-state index contributed by atoms with van der Waals surface area (Å²) in [7, 11) is 2.01. The molecule has 0 bridgehead atoms. The molecule has 1 saturated carbocycles. The van der Waals surface area contributed by atoms with Gasteiger partial charge in [0.05, 0.1) is 6.20 Å². The van der Waals surface area contributed by atoms with E-state index in [0.717, 1.165) is 11.5 Å². The third-order valence-corrected chi connectivity index (χ3v) is 3.66. The summed E-state index contributed by atoms with van der Waals surface area (Å²) >= 11 is 0. The van der Waals surface area contributed by atoms with Crippen LogP contribution in [0.3, 0.4) is 0 Å². The van der Waals surface area contributed by atoms with Gasteiger partial charge >= 0.3 is 0 Å². The maximum absolute atomic E-state index is 13.1. The summed E-state index contributed by atoms with van der Waals surface area (Å²) < 4.78 is 15.2. The second kappa shape index (κ2) is 5.13. The Kier molecular flexibility index (Phi) is 3.34. The average molecular weight is 259 g/mol. The fourth-order valence-corrected chi connectivity index (χ4v) is 2.60. The van der Waals surface area contributed by atoms with Crippen LogP contribution in [-0.2, 0) is 6.54 Å². The van der Waals surface area contributed by atoms with Crippen LogP contribution >= 0.6 is 0 Å². The lowest BCUT2D eigenvalue weighted by molar-refractivity contribution is 0.528. The van der Waals surface area contributed by atoms with E-state index in [0.29, 0.717) is 12.6 Å². The summed E-state index contributed by atoms with van der Waals surface area (Å²) in [5, 5.41) is 3.38. The summed E-state index contributed by atoms with van der Waals surface area (Å²) in [5.74, 6) is 0.493. The van der Waals surface area contributed by atoms with Crippen LogP contribution in [-0.4, -0.2) is 16.6 Å². The van der Waals surface area contributed by atoms with Crippen molar-refractivity contribution >= 4 is 0 Å². The van der Waals surface area contributed by atoms with Gasteiger partial charge in [0.1, 0.15) is 5.82 Å². The van der Waals surface area contributed by atoms with E-state index >= 15 is 0 Å². The summed E-state index contributed by atoms with van der Waals surface area (Å²) in [6.45, 7) is 0.659. The summed E-state index contributed by atoms with van der Waals surface area (Å²) in [6.07, 6.45) is 9.75. The first-order chi connectivity index (χ1) is 9.26. The van der Waals surface area contributed by atoms with Crippen LogP contribution in [0.25, 0.3) is 0 Å². The SMILES string of the molecule is CNC(c1ccn(Cc2cncc(F)c2)c1)C1CC1. The Hall–Kier alpha value is -1.68. The molecule has 2 aromatic heterocycles. The van der Waals surface area contributed by atoms with Crippen molar-refractivity contribution < 1.29 is 4.39 Å². The van der Waals surface area contributed by atoms with Gasteiger partial charge in [0.15, 0.2) is 0 Å². The van der Waals surface area contributed by atoms with E-state index in [9.17, 15) is 4.39 Å². The molecule has 0 radical (unpaired) electrons. The average Bonchev–Trinajstić information content (AvgIpc) is 3.12. The molecular weight excluding hydrogens is 241 g/mol. The van der Waals surface area contributed by atoms with Crippen molar-refractivity contribution in [3.05, 3.63) is 53.9 Å². The summed E-state index contributed by atoms with van der Waals surface area (Å²) in [5.41, 5.74) is 2.20. The highest BCUT2D eigenvalue weighted by molar-refractivity contribution is 5.20. The molecule has 3 rings (SSSR count). The van der Waals surface area contributed by atoms with E-state index < -0.39 is 0 Å². The highest BCUT2D eigenvalue weighted by atomic mass is 19.1. The molecule has 100 valence electrons. The van der Waals surface area contributed by atoms with Gasteiger partial charge in [0.2, 0.25) is 0 Å². The van der Waals surface area contributed by atoms with Crippen molar-refractivity contribution in [1.82, 2.24) is 14.9 Å². The fourth-order valence-electron chi connectivity index (χ4n) is 2.60. The van der Waals surface area contributed by atoms with E-state index in [2.05, 4.69) is 27.1 Å². The molecule has 2 aromatic rings. The highest BCUT2D eigenvalue weighted by Crippen LogP contribution is 2.40. The molecule has 1 atom stereocenters. The van der Waals surface area contributed by atoms with E-state index in [1.165, 1.54) is 30.7 Å². The van der Waals surface area contributed by atoms with Crippen LogP contribution in [0.1, 0.15) is 30.0 Å². The standard InChI is InChI=1S/C15H18FN3/c1-17-15(12-2-3-12)13-4-5-19(10-13)9-11-6-14(16)8-18-7-11/h4-8,10,12,15,17H,2-3,9H2,1H3. The molecule has 0 spiro atoms. The first-order valence-electron chi connectivity index (χ1n) is 6.68. The number of hydrogen-bond donors (Lipinski definition) is 1. The van der Waals surface area contributed by atoms with Gasteiger partial charge in [-0.25, -0.2) is 4.39 Å². The minimum atomic E-state index is -0.282. The Balaban J connectivity index is 1.74. The van der Waals surface area contributed by atoms with Gasteiger partial charge in [0, 0.05) is 31.2 Å². The maximum atomic E-state index is 13.1. The van der Waals surface area contributed by atoms with Crippen LogP contribution in [0.5, 0.6) is 0 Å². The molecule has 1 aliphatic rings. The van der Waals surface area contributed by atoms with Crippen molar-refractivity contribution in [3.8, 4) is 0 Å². The Morgan fingerprint density at radius 2 is 2.32 bits per heavy atom. The predicted molar refractivity (Wildman–Crippen MR) is 72.3 cm³/mol. The molecule has 2 heterocycles. The van der Waals surface area contributed by atoms with Crippen LogP contribution < -0.4 is 5.32 Å². The van der Waals surface area contributed by atoms with Gasteiger partial charge in [0.25, 0.3) is 0 Å². The first-order valence-corrected chi connectivity index (χ1v) is 6.68. The van der Waals surface area contributed by atoms with Gasteiger partial charge in [-0.1, -0.05) is 0 Å². The van der Waals surface area contributed by atoms with Crippen LogP contribution in [0.2, 0.25) is 0 Å². The van der Waals surface area contributed by atoms with E-state index in [1.807, 2.05) is 13.2 Å². The molecule has 3 nitrogen and oxygen atoms in total. The number of nitrogens with zero attached hydrogens (tertiary/aromatic N) is 2. The van der Waals surface area contributed by atoms with Crippen molar-refractivity contribution in [2.75, 3.05) is 7.05 Å². The lowest BCUT2D eigenvalue weighted by atomic mass is 10.1. The van der Waals surface area contributed by atoms with Crippen LogP contribution in [0, 0.1) is 11.7 Å². The number of nitrogens with one attached hydrogen (secondary N) is 1. The molecular formula is C15H18FN3. The molecule has 1 unspecified atom stereocenters. The summed E-state index contributed by atoms with van der Waals surface area (Å²) in [6, 6.07) is 4.13. The Bertz CT molecular complexity index is 560. The van der Waals surface area contributed by atoms with Crippen molar-refractivity contribution in [2.45, 2.75) is 25.4 Å². The normalized spacial score (nSPS) is 16.5. The van der Waals surface area contributed by atoms with Crippen LogP contribution in [0.15, 0.2) is 36.9 Å². The zero-order valence-electron chi connectivity index (χ0n) is 11.0. The first kappa shape index (κ1) is 12.4. The molecule has 0 aliphatic heterocycles. The summed E-state index contributed by atoms with van der Waals surface area (Å²) in [4.78, 5) is 3.88. The largest absolute Gasteiger partial charge is 0.350 e. The van der Waals surface area contributed by atoms with Gasteiger partial charge in [-0.05, 0) is 49.1 Å². The number of halogens is 1. The van der Waals surface area contributed by atoms with Crippen molar-refractivity contribution in [2.24, 2.45) is 5.92 Å². The lowest BCUT2D eigenvalue weighted by Crippen LogP contribution is -2.17. The lowest BCUT2D eigenvalue weighted by Gasteiger charge is -2.13. The maximum Gasteiger partial charge on any atom is 0.141 e. The molecule has 1 N–H and O–H groups in total. The molecule has 4 heteroatoms. The monoisotopic (exact) mass is 259 g/mol. The zero-order valence-corrected chi connectivity index (χ0v) is 11.0. The number of aromatic nitrogens is 2. The molecule has 19 heavy (non-hydrogen) atoms. The third-order valence-electron chi connectivity index (χ3n) is 3.66. The molecule has 0 aromatic carbocycles. The second-order valence-electron chi connectivity index (χ2n) is 5.23. The Morgan fingerprint density at radius 1 is 1.47 bits per heavy atom. The minimum absolute atomic E-state index is 0.282. The van der Waals surface area contributed by atoms with Gasteiger partial charge in [-0.2, -0.15) is 0 Å². The smallest absolute Gasteiger partial charge is 0.141 e. The minimum Gasteiger partial charge on any atom is -0.350 e. The van der Waals surface area contributed by atoms with Crippen molar-refractivity contribution in [3.63, 3.8) is 0 Å². The van der Waals surface area contributed by atoms with Gasteiger partial charge in [-0.15, -0.1) is 0 Å². The highest BCUT2D eigenvalue weighted by Gasteiger charge is 2.31. The Labute approximate surface area is 112 Å². The number of hydrogen-bond acceptors (Lipinski definition) is 2.